The second-order valence-electron chi connectivity index (χ2n) is 8.02. The number of halogens is 1. The lowest BCUT2D eigenvalue weighted by Gasteiger charge is -2.40. The summed E-state index contributed by atoms with van der Waals surface area (Å²) < 4.78 is 7.10. The molecule has 7 heteroatoms. The summed E-state index contributed by atoms with van der Waals surface area (Å²) in [6, 6.07) is 11.1. The van der Waals surface area contributed by atoms with Gasteiger partial charge in [-0.3, -0.25) is 14.9 Å². The Morgan fingerprint density at radius 3 is 2.61 bits per heavy atom. The molecule has 0 amide bonds. The Kier molecular flexibility index (Phi) is 6.35. The van der Waals surface area contributed by atoms with E-state index in [1.54, 1.807) is 0 Å². The zero-order chi connectivity index (χ0) is 19.5. The minimum absolute atomic E-state index is 0.331. The fourth-order valence-electron chi connectivity index (χ4n) is 4.02. The predicted octanol–water partition coefficient (Wildman–Crippen LogP) is 3.07. The molecule has 2 aliphatic rings. The van der Waals surface area contributed by atoms with Crippen LogP contribution in [-0.4, -0.2) is 84.6 Å². The minimum Gasteiger partial charge on any atom is -0.374 e. The third kappa shape index (κ3) is 4.76. The van der Waals surface area contributed by atoms with Gasteiger partial charge in [0.1, 0.15) is 0 Å². The maximum absolute atomic E-state index is 6.02. The van der Waals surface area contributed by atoms with E-state index in [9.17, 15) is 0 Å². The number of H-pyrrole nitrogens is 1. The van der Waals surface area contributed by atoms with Gasteiger partial charge in [0.2, 0.25) is 0 Å². The highest BCUT2D eigenvalue weighted by Crippen LogP contribution is 2.24. The highest BCUT2D eigenvalue weighted by Gasteiger charge is 2.26. The molecular formula is C21H30BrN5O. The Morgan fingerprint density at radius 1 is 1.14 bits per heavy atom. The monoisotopic (exact) mass is 447 g/mol. The molecule has 0 spiro atoms. The molecule has 2 aliphatic heterocycles. The third-order valence-electron chi connectivity index (χ3n) is 5.78. The van der Waals surface area contributed by atoms with Crippen molar-refractivity contribution < 1.29 is 4.74 Å². The van der Waals surface area contributed by atoms with Crippen molar-refractivity contribution >= 4 is 21.7 Å². The van der Waals surface area contributed by atoms with Crippen LogP contribution < -0.4 is 4.90 Å². The van der Waals surface area contributed by atoms with Crippen LogP contribution in [0.2, 0.25) is 0 Å². The molecule has 28 heavy (non-hydrogen) atoms. The van der Waals surface area contributed by atoms with Crippen LogP contribution in [0.1, 0.15) is 13.8 Å². The molecule has 1 unspecified atom stereocenters. The lowest BCUT2D eigenvalue weighted by atomic mass is 10.1. The maximum Gasteiger partial charge on any atom is 0.151 e. The first-order valence-electron chi connectivity index (χ1n) is 10.2. The number of aromatic amines is 1. The van der Waals surface area contributed by atoms with Gasteiger partial charge >= 0.3 is 0 Å². The minimum atomic E-state index is 0.331. The van der Waals surface area contributed by atoms with E-state index >= 15 is 0 Å². The summed E-state index contributed by atoms with van der Waals surface area (Å²) in [5.74, 6) is 1.04. The van der Waals surface area contributed by atoms with Crippen LogP contribution in [0.5, 0.6) is 0 Å². The number of nitrogens with zero attached hydrogens (tertiary/aromatic N) is 4. The summed E-state index contributed by atoms with van der Waals surface area (Å²) in [5.41, 5.74) is 2.22. The largest absolute Gasteiger partial charge is 0.374 e. The molecule has 2 fully saturated rings. The van der Waals surface area contributed by atoms with Crippen LogP contribution >= 0.6 is 15.9 Å². The molecular weight excluding hydrogens is 418 g/mol. The number of benzene rings is 1. The summed E-state index contributed by atoms with van der Waals surface area (Å²) in [6.07, 6.45) is 0.331. The van der Waals surface area contributed by atoms with Gasteiger partial charge in [-0.25, -0.2) is 0 Å². The Hall–Kier alpha value is -1.41. The molecule has 1 aromatic heterocycles. The molecule has 1 atom stereocenters. The number of hydrogen-bond acceptors (Lipinski definition) is 5. The lowest BCUT2D eigenvalue weighted by molar-refractivity contribution is -0.0525. The molecule has 152 valence electrons. The summed E-state index contributed by atoms with van der Waals surface area (Å²) in [7, 11) is 0. The second kappa shape index (κ2) is 8.95. The number of piperazine rings is 1. The smallest absolute Gasteiger partial charge is 0.151 e. The normalized spacial score (nSPS) is 22.1. The standard InChI is InChI=1S/C21H30BrN5O/c1-16(2)27-11-12-28-19(15-27)14-25-7-9-26(10-8-25)21-13-20(23-24-21)17-3-5-18(22)6-4-17/h3-6,13,16,19H,7-12,14-15H2,1-2H3,(H,23,24). The van der Waals surface area contributed by atoms with Gasteiger partial charge in [-0.05, 0) is 31.5 Å². The van der Waals surface area contributed by atoms with Gasteiger partial charge in [0.15, 0.2) is 5.82 Å². The predicted molar refractivity (Wildman–Crippen MR) is 117 cm³/mol. The van der Waals surface area contributed by atoms with E-state index in [1.165, 1.54) is 0 Å². The zero-order valence-electron chi connectivity index (χ0n) is 16.8. The topological polar surface area (TPSA) is 47.6 Å². The van der Waals surface area contributed by atoms with E-state index in [4.69, 9.17) is 4.74 Å². The molecule has 2 saturated heterocycles. The molecule has 0 radical (unpaired) electrons. The lowest BCUT2D eigenvalue weighted by Crippen LogP contribution is -2.53. The molecule has 0 saturated carbocycles. The number of hydrogen-bond donors (Lipinski definition) is 1. The average Bonchev–Trinajstić information content (AvgIpc) is 3.19. The Balaban J connectivity index is 1.29. The number of ether oxygens (including phenoxy) is 1. The fraction of sp³-hybridized carbons (Fsp3) is 0.571. The van der Waals surface area contributed by atoms with E-state index in [0.29, 0.717) is 12.1 Å². The summed E-state index contributed by atoms with van der Waals surface area (Å²) in [4.78, 5) is 7.43. The number of rotatable bonds is 5. The van der Waals surface area contributed by atoms with Crippen LogP contribution in [-0.2, 0) is 4.74 Å². The second-order valence-corrected chi connectivity index (χ2v) is 8.93. The molecule has 4 rings (SSSR count). The van der Waals surface area contributed by atoms with Crippen molar-refractivity contribution in [3.8, 4) is 11.3 Å². The highest BCUT2D eigenvalue weighted by molar-refractivity contribution is 9.10. The fourth-order valence-corrected chi connectivity index (χ4v) is 4.28. The molecule has 0 aliphatic carbocycles. The number of anilines is 1. The first-order valence-corrected chi connectivity index (χ1v) is 11.0. The molecule has 3 heterocycles. The molecule has 1 N–H and O–H groups in total. The van der Waals surface area contributed by atoms with Gasteiger partial charge < -0.3 is 9.64 Å². The van der Waals surface area contributed by atoms with E-state index in [0.717, 1.165) is 74.0 Å². The molecule has 1 aromatic carbocycles. The molecule has 0 bridgehead atoms. The number of aromatic nitrogens is 2. The SMILES string of the molecule is CC(C)N1CCOC(CN2CCN(c3cc(-c4ccc(Br)cc4)[nH]n3)CC2)C1. The average molecular weight is 448 g/mol. The molecule has 2 aromatic rings. The van der Waals surface area contributed by atoms with Crippen molar-refractivity contribution in [3.05, 3.63) is 34.8 Å². The van der Waals surface area contributed by atoms with Crippen molar-refractivity contribution in [2.24, 2.45) is 0 Å². The van der Waals surface area contributed by atoms with Gasteiger partial charge in [0, 0.05) is 62.4 Å². The highest BCUT2D eigenvalue weighted by atomic mass is 79.9. The van der Waals surface area contributed by atoms with Crippen LogP contribution in [0, 0.1) is 0 Å². The van der Waals surface area contributed by atoms with Crippen molar-refractivity contribution in [1.82, 2.24) is 20.0 Å². The van der Waals surface area contributed by atoms with E-state index in [-0.39, 0.29) is 0 Å². The van der Waals surface area contributed by atoms with Gasteiger partial charge in [-0.1, -0.05) is 28.1 Å². The molecule has 6 nitrogen and oxygen atoms in total. The summed E-state index contributed by atoms with van der Waals surface area (Å²) in [5, 5.41) is 7.73. The van der Waals surface area contributed by atoms with E-state index in [1.807, 2.05) is 0 Å². The third-order valence-corrected chi connectivity index (χ3v) is 6.31. The number of morpholine rings is 1. The quantitative estimate of drug-likeness (QED) is 0.762. The van der Waals surface area contributed by atoms with Gasteiger partial charge in [-0.2, -0.15) is 5.10 Å². The zero-order valence-corrected chi connectivity index (χ0v) is 18.4. The van der Waals surface area contributed by atoms with Gasteiger partial charge in [0.05, 0.1) is 18.4 Å². The van der Waals surface area contributed by atoms with Crippen molar-refractivity contribution in [2.75, 3.05) is 57.3 Å². The van der Waals surface area contributed by atoms with E-state index < -0.39 is 0 Å². The first kappa shape index (κ1) is 19.9. The Morgan fingerprint density at radius 2 is 1.89 bits per heavy atom. The van der Waals surface area contributed by atoms with Crippen LogP contribution in [0.4, 0.5) is 5.82 Å². The van der Waals surface area contributed by atoms with Gasteiger partial charge in [0.25, 0.3) is 0 Å². The van der Waals surface area contributed by atoms with Crippen molar-refractivity contribution in [3.63, 3.8) is 0 Å². The van der Waals surface area contributed by atoms with Crippen molar-refractivity contribution in [2.45, 2.75) is 26.0 Å². The van der Waals surface area contributed by atoms with Gasteiger partial charge in [-0.15, -0.1) is 0 Å². The summed E-state index contributed by atoms with van der Waals surface area (Å²) in [6.45, 7) is 12.7. The maximum atomic E-state index is 6.02. The van der Waals surface area contributed by atoms with Crippen molar-refractivity contribution in [1.29, 1.82) is 0 Å². The van der Waals surface area contributed by atoms with Crippen LogP contribution in [0.15, 0.2) is 34.8 Å². The van der Waals surface area contributed by atoms with Crippen LogP contribution in [0.3, 0.4) is 0 Å². The summed E-state index contributed by atoms with van der Waals surface area (Å²) >= 11 is 3.49. The number of nitrogens with one attached hydrogen (secondary N) is 1. The first-order chi connectivity index (χ1) is 13.6. The Bertz CT molecular complexity index is 754. The van der Waals surface area contributed by atoms with E-state index in [2.05, 4.69) is 85.0 Å². The Labute approximate surface area is 176 Å². The van der Waals surface area contributed by atoms with Crippen LogP contribution in [0.25, 0.3) is 11.3 Å².